The van der Waals surface area contributed by atoms with E-state index in [1.54, 1.807) is 118 Å². The van der Waals surface area contributed by atoms with Crippen LogP contribution in [0.3, 0.4) is 0 Å². The molecule has 0 atom stereocenters. The highest BCUT2D eigenvalue weighted by Gasteiger charge is 2.39. The molecule has 9 heterocycles. The Balaban J connectivity index is 0.000000151. The van der Waals surface area contributed by atoms with E-state index in [1.807, 2.05) is 107 Å². The molecular weight excluding hydrogens is 1490 g/mol. The summed E-state index contributed by atoms with van der Waals surface area (Å²) in [4.78, 5) is 72.0. The Labute approximate surface area is 675 Å². The fourth-order valence-corrected chi connectivity index (χ4v) is 16.0. The lowest BCUT2D eigenvalue weighted by molar-refractivity contribution is -0.0284. The van der Waals surface area contributed by atoms with Crippen LogP contribution in [-0.2, 0) is 23.1 Å². The van der Waals surface area contributed by atoms with Crippen LogP contribution >= 0.6 is 0 Å². The predicted octanol–water partition coefficient (Wildman–Crippen LogP) is 15.1. The van der Waals surface area contributed by atoms with Gasteiger partial charge in [0, 0.05) is 153 Å². The van der Waals surface area contributed by atoms with Gasteiger partial charge in [-0.2, -0.15) is 19.3 Å². The van der Waals surface area contributed by atoms with Crippen LogP contribution in [-0.4, -0.2) is 185 Å². The molecule has 4 aliphatic heterocycles. The zero-order valence-corrected chi connectivity index (χ0v) is 66.5. The number of aromatic nitrogens is 8. The Hall–Kier alpha value is -11.9. The third-order valence-electron chi connectivity index (χ3n) is 21.2. The van der Waals surface area contributed by atoms with Gasteiger partial charge in [-0.05, 0) is 291 Å². The third kappa shape index (κ3) is 22.6. The van der Waals surface area contributed by atoms with E-state index < -0.39 is 15.6 Å². The number of nitrogens with zero attached hydrogens (tertiary/aromatic N) is 14. The molecule has 4 fully saturated rings. The van der Waals surface area contributed by atoms with Gasteiger partial charge in [0.25, 0.3) is 11.8 Å². The van der Waals surface area contributed by atoms with Crippen molar-refractivity contribution >= 4 is 91.3 Å². The Morgan fingerprint density at radius 3 is 1.25 bits per heavy atom. The molecule has 15 rings (SSSR count). The van der Waals surface area contributed by atoms with Crippen LogP contribution in [0, 0.1) is 38.2 Å². The number of pyridine rings is 2. The molecule has 0 radical (unpaired) electrons. The van der Waals surface area contributed by atoms with Crippen molar-refractivity contribution in [2.24, 2.45) is 0 Å². The molecule has 0 saturated carbocycles. The van der Waals surface area contributed by atoms with Crippen molar-refractivity contribution in [2.75, 3.05) is 105 Å². The molecule has 116 heavy (non-hydrogen) atoms. The molecule has 0 aliphatic carbocycles. The molecule has 29 heteroatoms. The minimum absolute atomic E-state index is 0.0458. The number of likely N-dealkylation sites (tertiary alicyclic amines) is 3. The predicted molar refractivity (Wildman–Crippen MR) is 446 cm³/mol. The molecule has 4 aliphatic rings. The van der Waals surface area contributed by atoms with Crippen LogP contribution in [0.25, 0.3) is 0 Å². The van der Waals surface area contributed by atoms with Crippen LogP contribution in [0.2, 0.25) is 0 Å². The van der Waals surface area contributed by atoms with Crippen LogP contribution < -0.4 is 31.9 Å². The van der Waals surface area contributed by atoms with Crippen molar-refractivity contribution in [1.29, 1.82) is 0 Å². The molecular formula is C87H97F3N20O5S. The van der Waals surface area contributed by atoms with Crippen LogP contribution in [0.4, 0.5) is 82.6 Å². The van der Waals surface area contributed by atoms with E-state index in [1.165, 1.54) is 28.1 Å². The molecule has 25 nitrogen and oxygen atoms in total. The van der Waals surface area contributed by atoms with Crippen molar-refractivity contribution in [3.8, 4) is 0 Å². The van der Waals surface area contributed by atoms with Crippen molar-refractivity contribution in [3.63, 3.8) is 0 Å². The van der Waals surface area contributed by atoms with Gasteiger partial charge in [-0.25, -0.2) is 36.5 Å². The first-order valence-corrected chi connectivity index (χ1v) is 40.5. The second-order valence-electron chi connectivity index (χ2n) is 29.8. The van der Waals surface area contributed by atoms with E-state index in [0.29, 0.717) is 119 Å². The van der Waals surface area contributed by atoms with Crippen LogP contribution in [0.1, 0.15) is 100 Å². The van der Waals surface area contributed by atoms with E-state index in [-0.39, 0.29) is 34.2 Å². The zero-order chi connectivity index (χ0) is 81.1. The lowest BCUT2D eigenvalue weighted by Gasteiger charge is -2.39. The topological polar surface area (TPSA) is 283 Å². The molecule has 6 aromatic carbocycles. The maximum Gasteiger partial charge on any atom is 0.253 e. The standard InChI is InChI=1S/2C30H32FN7O.C27H33FN6O3S/c1-21-19-25(7-8-27(21)31)34-28-11-16-33-30(36-28)35-24-5-3-23(4-6-24)29(39)38-17-12-26(13-18-38)37(2)20-22-9-14-32-15-10-22;1-21-19-24(10-11-27(21)31)34-28-12-16-33-30(36-28)35-23-8-6-22(7-9-23)29(39)38-17-13-26(14-18-38)37(2)20-25-5-3-4-15-32-25;1-20-18-22(6-9-24(20)28)30-25-10-13-29-26(32-25)31-21-4-7-23(8-5-21)38(36,37)34-16-11-27(35,12-17-34)19-33-14-2-3-15-33/h3-11,14-16,19,26H,12-13,17-18,20H2,1-2H3,(H2,33,34,35,36);3-12,15-16,19,26H,13-14,17-18,20H2,1-2H3,(H2,33,34,35,36);4-10,13,18,35H,2-3,11-12,14-17,19H2,1H3,(H2,29,30,31,32). The lowest BCUT2D eigenvalue weighted by Crippen LogP contribution is -2.51. The largest absolute Gasteiger partial charge is 0.388 e. The molecule has 11 aromatic rings. The van der Waals surface area contributed by atoms with Gasteiger partial charge in [0.2, 0.25) is 27.9 Å². The fourth-order valence-electron chi connectivity index (χ4n) is 14.5. The number of hydrogen-bond acceptors (Lipinski definition) is 22. The fraction of sp³-hybridized carbons (Fsp3) is 0.310. The number of carbonyl (C=O) groups excluding carboxylic acids is 2. The number of nitrogens with one attached hydrogen (secondary N) is 6. The number of aliphatic hydroxyl groups is 1. The minimum Gasteiger partial charge on any atom is -0.388 e. The number of aryl methyl sites for hydroxylation is 3. The van der Waals surface area contributed by atoms with E-state index in [0.717, 1.165) is 119 Å². The highest BCUT2D eigenvalue weighted by atomic mass is 32.2. The van der Waals surface area contributed by atoms with E-state index in [9.17, 15) is 36.3 Å². The minimum atomic E-state index is -3.66. The van der Waals surface area contributed by atoms with Crippen LogP contribution in [0.5, 0.6) is 0 Å². The number of amides is 2. The van der Waals surface area contributed by atoms with Gasteiger partial charge >= 0.3 is 0 Å². The Morgan fingerprint density at radius 2 is 0.853 bits per heavy atom. The Bertz CT molecular complexity index is 5000. The molecule has 0 bridgehead atoms. The number of halogens is 3. The first-order chi connectivity index (χ1) is 56.1. The van der Waals surface area contributed by atoms with Crippen LogP contribution in [0.15, 0.2) is 218 Å². The van der Waals surface area contributed by atoms with E-state index in [2.05, 4.69) is 101 Å². The average Bonchev–Trinajstić information content (AvgIpc) is 0.921. The summed E-state index contributed by atoms with van der Waals surface area (Å²) in [6.45, 7) is 13.0. The smallest absolute Gasteiger partial charge is 0.253 e. The van der Waals surface area contributed by atoms with Crippen molar-refractivity contribution in [1.82, 2.24) is 68.7 Å². The number of anilines is 12. The molecule has 602 valence electrons. The maximum absolute atomic E-state index is 13.5. The second kappa shape index (κ2) is 38.5. The number of sulfonamides is 1. The van der Waals surface area contributed by atoms with Gasteiger partial charge in [0.15, 0.2) is 0 Å². The normalized spacial score (nSPS) is 15.4. The van der Waals surface area contributed by atoms with Gasteiger partial charge in [-0.3, -0.25) is 29.4 Å². The average molecular weight is 1590 g/mol. The summed E-state index contributed by atoms with van der Waals surface area (Å²) in [5.41, 5.74) is 8.80. The van der Waals surface area contributed by atoms with Gasteiger partial charge in [0.1, 0.15) is 34.9 Å². The summed E-state index contributed by atoms with van der Waals surface area (Å²) in [5, 5.41) is 29.9. The van der Waals surface area contributed by atoms with Gasteiger partial charge < -0.3 is 51.7 Å². The summed E-state index contributed by atoms with van der Waals surface area (Å²) in [6, 6.07) is 51.7. The number of hydrogen-bond donors (Lipinski definition) is 7. The first-order valence-electron chi connectivity index (χ1n) is 39.0. The van der Waals surface area contributed by atoms with E-state index in [4.69, 9.17) is 0 Å². The van der Waals surface area contributed by atoms with Crippen molar-refractivity contribution < 1.29 is 36.3 Å². The molecule has 0 unspecified atom stereocenters. The number of carbonyl (C=O) groups is 2. The summed E-state index contributed by atoms with van der Waals surface area (Å²) < 4.78 is 68.6. The van der Waals surface area contributed by atoms with Gasteiger partial charge in [0.05, 0.1) is 16.2 Å². The highest BCUT2D eigenvalue weighted by molar-refractivity contribution is 7.89. The lowest BCUT2D eigenvalue weighted by atomic mass is 9.92. The molecule has 2 amide bonds. The second-order valence-corrected chi connectivity index (χ2v) is 31.7. The molecule has 7 N–H and O–H groups in total. The monoisotopic (exact) mass is 1590 g/mol. The van der Waals surface area contributed by atoms with Crippen molar-refractivity contribution in [3.05, 3.63) is 270 Å². The number of β-amino-alcohol motifs (C(OH)–C–C–N with tert-alkyl or cyclic N) is 1. The Kier molecular flexibility index (Phi) is 27.3. The third-order valence-corrected chi connectivity index (χ3v) is 23.1. The molecule has 4 saturated heterocycles. The summed E-state index contributed by atoms with van der Waals surface area (Å²) in [6.07, 6.45) is 17.3. The molecule has 5 aromatic heterocycles. The number of benzene rings is 6. The quantitative estimate of drug-likeness (QED) is 0.0296. The van der Waals surface area contributed by atoms with Gasteiger partial charge in [-0.15, -0.1) is 0 Å². The number of rotatable bonds is 24. The number of piperidine rings is 3. The summed E-state index contributed by atoms with van der Waals surface area (Å²) >= 11 is 0. The zero-order valence-electron chi connectivity index (χ0n) is 65.7. The van der Waals surface area contributed by atoms with Crippen molar-refractivity contribution in [2.45, 2.75) is 108 Å². The van der Waals surface area contributed by atoms with Gasteiger partial charge in [-0.1, -0.05) is 6.07 Å². The SMILES string of the molecule is Cc1cc(Nc2ccnc(Nc3ccc(C(=O)N4CCC(N(C)Cc5ccccn5)CC4)cc3)n2)ccc1F.Cc1cc(Nc2ccnc(Nc3ccc(C(=O)N4CCC(N(C)Cc5ccncc5)CC4)cc3)n2)ccc1F.Cc1cc(Nc2ccnc(Nc3ccc(S(=O)(=O)N4CCC(O)(CN5CCCC5)CC4)cc3)n2)ccc1F. The Morgan fingerprint density at radius 1 is 0.457 bits per heavy atom. The van der Waals surface area contributed by atoms with E-state index >= 15 is 0 Å². The highest BCUT2D eigenvalue weighted by Crippen LogP contribution is 2.32. The maximum atomic E-state index is 13.5. The first kappa shape index (κ1) is 82.1. The molecule has 0 spiro atoms. The summed E-state index contributed by atoms with van der Waals surface area (Å²) in [7, 11) is 0.609. The summed E-state index contributed by atoms with van der Waals surface area (Å²) in [5.74, 6) is 2.18.